The fourth-order valence-corrected chi connectivity index (χ4v) is 1.69. The summed E-state index contributed by atoms with van der Waals surface area (Å²) in [7, 11) is 0. The highest BCUT2D eigenvalue weighted by Crippen LogP contribution is 2.34. The number of hydrogen-bond donors (Lipinski definition) is 2. The van der Waals surface area contributed by atoms with Gasteiger partial charge in [0.05, 0.1) is 11.2 Å². The van der Waals surface area contributed by atoms with E-state index in [2.05, 4.69) is 5.32 Å². The fraction of sp³-hybridized carbons (Fsp3) is 0.538. The SMILES string of the molecule is CCCNCC(C)(O)c1ccc(F)c(C(F)(F)F)c1. The highest BCUT2D eigenvalue weighted by Gasteiger charge is 2.36. The summed E-state index contributed by atoms with van der Waals surface area (Å²) < 4.78 is 50.9. The number of nitrogens with one attached hydrogen (secondary N) is 1. The molecule has 0 radical (unpaired) electrons. The fourth-order valence-electron chi connectivity index (χ4n) is 1.69. The minimum atomic E-state index is -4.77. The van der Waals surface area contributed by atoms with Gasteiger partial charge in [0.25, 0.3) is 0 Å². The van der Waals surface area contributed by atoms with Gasteiger partial charge in [0.1, 0.15) is 5.82 Å². The van der Waals surface area contributed by atoms with Crippen LogP contribution in [-0.2, 0) is 11.8 Å². The Balaban J connectivity index is 3.01. The van der Waals surface area contributed by atoms with Crippen LogP contribution in [-0.4, -0.2) is 18.2 Å². The van der Waals surface area contributed by atoms with Crippen molar-refractivity contribution in [1.29, 1.82) is 0 Å². The van der Waals surface area contributed by atoms with E-state index in [-0.39, 0.29) is 12.1 Å². The highest BCUT2D eigenvalue weighted by molar-refractivity contribution is 5.31. The van der Waals surface area contributed by atoms with Gasteiger partial charge in [-0.05, 0) is 37.6 Å². The number of alkyl halides is 3. The summed E-state index contributed by atoms with van der Waals surface area (Å²) >= 11 is 0. The van der Waals surface area contributed by atoms with Crippen LogP contribution in [0.25, 0.3) is 0 Å². The zero-order valence-electron chi connectivity index (χ0n) is 10.8. The van der Waals surface area contributed by atoms with Gasteiger partial charge in [0.15, 0.2) is 0 Å². The van der Waals surface area contributed by atoms with E-state index in [1.165, 1.54) is 6.92 Å². The van der Waals surface area contributed by atoms with Crippen molar-refractivity contribution in [2.75, 3.05) is 13.1 Å². The molecule has 0 bridgehead atoms. The van der Waals surface area contributed by atoms with E-state index in [0.29, 0.717) is 12.6 Å². The number of aliphatic hydroxyl groups is 1. The van der Waals surface area contributed by atoms with Crippen molar-refractivity contribution in [2.45, 2.75) is 32.0 Å². The molecule has 0 heterocycles. The molecule has 2 nitrogen and oxygen atoms in total. The first-order valence-electron chi connectivity index (χ1n) is 5.99. The van der Waals surface area contributed by atoms with Crippen LogP contribution < -0.4 is 5.32 Å². The van der Waals surface area contributed by atoms with Gasteiger partial charge in [0, 0.05) is 6.54 Å². The summed E-state index contributed by atoms with van der Waals surface area (Å²) in [4.78, 5) is 0. The molecular formula is C13H17F4NO. The Morgan fingerprint density at radius 3 is 2.42 bits per heavy atom. The minimum Gasteiger partial charge on any atom is -0.384 e. The molecule has 0 aliphatic carbocycles. The first-order valence-corrected chi connectivity index (χ1v) is 5.99. The van der Waals surface area contributed by atoms with Crippen LogP contribution in [0.15, 0.2) is 18.2 Å². The number of halogens is 4. The lowest BCUT2D eigenvalue weighted by Gasteiger charge is -2.25. The molecule has 0 fully saturated rings. The van der Waals surface area contributed by atoms with Gasteiger partial charge in [-0.25, -0.2) is 4.39 Å². The number of benzene rings is 1. The molecule has 0 saturated carbocycles. The van der Waals surface area contributed by atoms with Crippen LogP contribution in [0.3, 0.4) is 0 Å². The normalized spacial score (nSPS) is 15.3. The van der Waals surface area contributed by atoms with E-state index in [1.807, 2.05) is 6.92 Å². The molecule has 0 spiro atoms. The molecule has 1 atom stereocenters. The molecule has 2 N–H and O–H groups in total. The molecule has 0 aliphatic rings. The van der Waals surface area contributed by atoms with Crippen LogP contribution in [0.4, 0.5) is 17.6 Å². The zero-order chi connectivity index (χ0) is 14.7. The van der Waals surface area contributed by atoms with E-state index in [4.69, 9.17) is 0 Å². The molecule has 19 heavy (non-hydrogen) atoms. The van der Waals surface area contributed by atoms with Crippen LogP contribution in [0.1, 0.15) is 31.4 Å². The van der Waals surface area contributed by atoms with E-state index in [9.17, 15) is 22.7 Å². The van der Waals surface area contributed by atoms with Crippen LogP contribution in [0.5, 0.6) is 0 Å². The Labute approximate surface area is 109 Å². The van der Waals surface area contributed by atoms with Crippen LogP contribution >= 0.6 is 0 Å². The zero-order valence-corrected chi connectivity index (χ0v) is 10.8. The average Bonchev–Trinajstić information content (AvgIpc) is 2.27. The molecule has 1 aromatic carbocycles. The lowest BCUT2D eigenvalue weighted by molar-refractivity contribution is -0.140. The third kappa shape index (κ3) is 4.18. The largest absolute Gasteiger partial charge is 0.419 e. The Hall–Kier alpha value is -1.14. The molecule has 0 amide bonds. The Morgan fingerprint density at radius 1 is 1.26 bits per heavy atom. The minimum absolute atomic E-state index is 0.0322. The summed E-state index contributed by atoms with van der Waals surface area (Å²) in [5.41, 5.74) is -2.81. The first kappa shape index (κ1) is 15.9. The van der Waals surface area contributed by atoms with Crippen molar-refractivity contribution in [1.82, 2.24) is 5.32 Å². The molecule has 108 valence electrons. The summed E-state index contributed by atoms with van der Waals surface area (Å²) in [5.74, 6) is -1.34. The summed E-state index contributed by atoms with van der Waals surface area (Å²) in [6.45, 7) is 4.07. The maximum atomic E-state index is 13.1. The van der Waals surface area contributed by atoms with Gasteiger partial charge in [-0.1, -0.05) is 13.0 Å². The van der Waals surface area contributed by atoms with Crippen molar-refractivity contribution in [3.05, 3.63) is 35.1 Å². The highest BCUT2D eigenvalue weighted by atomic mass is 19.4. The van der Waals surface area contributed by atoms with Gasteiger partial charge in [-0.3, -0.25) is 0 Å². The lowest BCUT2D eigenvalue weighted by atomic mass is 9.94. The average molecular weight is 279 g/mol. The summed E-state index contributed by atoms with van der Waals surface area (Å²) in [5, 5.41) is 13.1. The Bertz CT molecular complexity index is 429. The van der Waals surface area contributed by atoms with E-state index in [0.717, 1.165) is 18.6 Å². The molecule has 6 heteroatoms. The summed E-state index contributed by atoms with van der Waals surface area (Å²) in [6, 6.07) is 2.55. The van der Waals surface area contributed by atoms with E-state index >= 15 is 0 Å². The Morgan fingerprint density at radius 2 is 1.89 bits per heavy atom. The molecule has 1 aromatic rings. The topological polar surface area (TPSA) is 32.3 Å². The van der Waals surface area contributed by atoms with E-state index in [1.54, 1.807) is 0 Å². The molecule has 1 rings (SSSR count). The maximum Gasteiger partial charge on any atom is 0.419 e. The molecule has 1 unspecified atom stereocenters. The third-order valence-electron chi connectivity index (χ3n) is 2.79. The van der Waals surface area contributed by atoms with Gasteiger partial charge < -0.3 is 10.4 Å². The van der Waals surface area contributed by atoms with Gasteiger partial charge in [-0.15, -0.1) is 0 Å². The quantitative estimate of drug-likeness (QED) is 0.641. The van der Waals surface area contributed by atoms with Crippen LogP contribution in [0, 0.1) is 5.82 Å². The molecule has 0 saturated heterocycles. The second-order valence-corrected chi connectivity index (χ2v) is 4.64. The molecule has 0 aliphatic heterocycles. The van der Waals surface area contributed by atoms with Gasteiger partial charge in [-0.2, -0.15) is 13.2 Å². The van der Waals surface area contributed by atoms with Crippen molar-refractivity contribution in [2.24, 2.45) is 0 Å². The first-order chi connectivity index (χ1) is 8.68. The second-order valence-electron chi connectivity index (χ2n) is 4.64. The second kappa shape index (κ2) is 5.88. The smallest absolute Gasteiger partial charge is 0.384 e. The predicted octanol–water partition coefficient (Wildman–Crippen LogP) is 3.05. The van der Waals surface area contributed by atoms with Crippen molar-refractivity contribution >= 4 is 0 Å². The van der Waals surface area contributed by atoms with Crippen molar-refractivity contribution in [3.8, 4) is 0 Å². The predicted molar refractivity (Wildman–Crippen MR) is 64.1 cm³/mol. The lowest BCUT2D eigenvalue weighted by Crippen LogP contribution is -2.36. The van der Waals surface area contributed by atoms with Crippen molar-refractivity contribution in [3.63, 3.8) is 0 Å². The van der Waals surface area contributed by atoms with Gasteiger partial charge >= 0.3 is 6.18 Å². The number of rotatable bonds is 5. The monoisotopic (exact) mass is 279 g/mol. The van der Waals surface area contributed by atoms with Gasteiger partial charge in [0.2, 0.25) is 0 Å². The molecule has 0 aromatic heterocycles. The van der Waals surface area contributed by atoms with Crippen molar-refractivity contribution < 1.29 is 22.7 Å². The third-order valence-corrected chi connectivity index (χ3v) is 2.79. The van der Waals surface area contributed by atoms with E-state index < -0.39 is 23.2 Å². The Kier molecular flexibility index (Phi) is 4.92. The standard InChI is InChI=1S/C13H17F4NO/c1-3-6-18-8-12(2,19)9-4-5-11(14)10(7-9)13(15,16)17/h4-5,7,18-19H,3,6,8H2,1-2H3. The maximum absolute atomic E-state index is 13.1. The number of hydrogen-bond acceptors (Lipinski definition) is 2. The molecular weight excluding hydrogens is 262 g/mol. The summed E-state index contributed by atoms with van der Waals surface area (Å²) in [6.07, 6.45) is -3.93. The van der Waals surface area contributed by atoms with Crippen LogP contribution in [0.2, 0.25) is 0 Å².